The topological polar surface area (TPSA) is 72.4 Å². The number of aromatic nitrogens is 1. The van der Waals surface area contributed by atoms with Gasteiger partial charge in [0.1, 0.15) is 5.69 Å². The van der Waals surface area contributed by atoms with Crippen LogP contribution in [0.5, 0.6) is 0 Å². The van der Waals surface area contributed by atoms with Crippen molar-refractivity contribution < 1.29 is 14.3 Å². The molecule has 0 radical (unpaired) electrons. The third-order valence-corrected chi connectivity index (χ3v) is 3.92. The molecular weight excluding hydrogens is 306 g/mol. The lowest BCUT2D eigenvalue weighted by atomic mass is 9.93. The first-order valence-electron chi connectivity index (χ1n) is 7.35. The molecule has 7 heteroatoms. The molecule has 0 aromatic carbocycles. The quantitative estimate of drug-likeness (QED) is 0.810. The molecular formula is C15H24ClN3O3. The number of nitrogens with one attached hydrogen (secondary N) is 2. The molecule has 0 spiro atoms. The highest BCUT2D eigenvalue weighted by atomic mass is 35.5. The van der Waals surface area contributed by atoms with E-state index in [9.17, 15) is 9.59 Å². The highest BCUT2D eigenvalue weighted by molar-refractivity contribution is 5.94. The van der Waals surface area contributed by atoms with Crippen LogP contribution in [0.25, 0.3) is 0 Å². The van der Waals surface area contributed by atoms with E-state index in [0.29, 0.717) is 23.7 Å². The summed E-state index contributed by atoms with van der Waals surface area (Å²) in [4.78, 5) is 23.5. The Morgan fingerprint density at radius 3 is 2.73 bits per heavy atom. The molecule has 0 atom stereocenters. The number of carbonyl (C=O) groups excluding carboxylic acids is 2. The number of rotatable bonds is 5. The molecule has 2 heterocycles. The average molecular weight is 330 g/mol. The maximum atomic E-state index is 12.0. The molecule has 1 amide bonds. The molecule has 0 saturated carbocycles. The Hall–Kier alpha value is -1.53. The van der Waals surface area contributed by atoms with Gasteiger partial charge in [-0.05, 0) is 44.3 Å². The van der Waals surface area contributed by atoms with Crippen LogP contribution in [0.4, 0.5) is 5.69 Å². The minimum Gasteiger partial charge on any atom is -0.464 e. The molecule has 1 aliphatic heterocycles. The number of hydrogen-bond donors (Lipinski definition) is 2. The van der Waals surface area contributed by atoms with Crippen LogP contribution >= 0.6 is 12.4 Å². The molecule has 2 N–H and O–H groups in total. The van der Waals surface area contributed by atoms with Crippen molar-refractivity contribution in [2.24, 2.45) is 13.0 Å². The van der Waals surface area contributed by atoms with Crippen molar-refractivity contribution in [1.82, 2.24) is 9.88 Å². The fourth-order valence-electron chi connectivity index (χ4n) is 2.67. The average Bonchev–Trinajstić information content (AvgIpc) is 2.86. The Morgan fingerprint density at radius 1 is 1.41 bits per heavy atom. The van der Waals surface area contributed by atoms with E-state index in [0.717, 1.165) is 32.4 Å². The minimum absolute atomic E-state index is 0. The second-order valence-electron chi connectivity index (χ2n) is 5.50. The number of ether oxygens (including phenoxy) is 1. The molecule has 1 aliphatic rings. The van der Waals surface area contributed by atoms with Crippen LogP contribution in [0.2, 0.25) is 0 Å². The number of esters is 1. The Balaban J connectivity index is 0.00000242. The van der Waals surface area contributed by atoms with E-state index in [1.807, 2.05) is 0 Å². The van der Waals surface area contributed by atoms with Crippen LogP contribution in [0.3, 0.4) is 0 Å². The second kappa shape index (κ2) is 8.80. The molecule has 22 heavy (non-hydrogen) atoms. The second-order valence-corrected chi connectivity index (χ2v) is 5.50. The lowest BCUT2D eigenvalue weighted by Gasteiger charge is -2.22. The van der Waals surface area contributed by atoms with Crippen molar-refractivity contribution in [3.63, 3.8) is 0 Å². The summed E-state index contributed by atoms with van der Waals surface area (Å²) in [5, 5.41) is 6.16. The fourth-order valence-corrected chi connectivity index (χ4v) is 2.67. The fraction of sp³-hybridized carbons (Fsp3) is 0.600. The van der Waals surface area contributed by atoms with Gasteiger partial charge < -0.3 is 19.9 Å². The monoisotopic (exact) mass is 329 g/mol. The van der Waals surface area contributed by atoms with E-state index in [2.05, 4.69) is 15.4 Å². The van der Waals surface area contributed by atoms with Crippen LogP contribution in [0.1, 0.15) is 36.2 Å². The van der Waals surface area contributed by atoms with Crippen LogP contribution < -0.4 is 10.6 Å². The molecule has 1 aromatic rings. The van der Waals surface area contributed by atoms with Crippen LogP contribution in [-0.4, -0.2) is 36.6 Å². The molecule has 1 fully saturated rings. The molecule has 0 unspecified atom stereocenters. The van der Waals surface area contributed by atoms with Gasteiger partial charge in [0, 0.05) is 19.7 Å². The summed E-state index contributed by atoms with van der Waals surface area (Å²) in [7, 11) is 3.09. The van der Waals surface area contributed by atoms with Gasteiger partial charge in [-0.15, -0.1) is 12.4 Å². The minimum atomic E-state index is -0.410. The van der Waals surface area contributed by atoms with Gasteiger partial charge in [0.2, 0.25) is 5.91 Å². The lowest BCUT2D eigenvalue weighted by molar-refractivity contribution is -0.116. The van der Waals surface area contributed by atoms with E-state index in [-0.39, 0.29) is 18.3 Å². The standard InChI is InChI=1S/C15H23N3O3.ClH/c1-18-10-12(9-13(18)15(20)21-2)17-14(19)4-3-11-5-7-16-8-6-11;/h9-11,16H,3-8H2,1-2H3,(H,17,19);1H. The molecule has 0 bridgehead atoms. The Bertz CT molecular complexity index is 510. The zero-order valence-corrected chi connectivity index (χ0v) is 13.9. The number of piperidine rings is 1. The van der Waals surface area contributed by atoms with E-state index in [1.165, 1.54) is 7.11 Å². The third kappa shape index (κ3) is 5.03. The molecule has 1 saturated heterocycles. The predicted molar refractivity (Wildman–Crippen MR) is 87.5 cm³/mol. The number of nitrogens with zero attached hydrogens (tertiary/aromatic N) is 1. The van der Waals surface area contributed by atoms with Crippen LogP contribution in [0, 0.1) is 5.92 Å². The lowest BCUT2D eigenvalue weighted by Crippen LogP contribution is -2.28. The number of anilines is 1. The summed E-state index contributed by atoms with van der Waals surface area (Å²) >= 11 is 0. The van der Waals surface area contributed by atoms with Crippen LogP contribution in [0.15, 0.2) is 12.3 Å². The number of halogens is 1. The van der Waals surface area contributed by atoms with Gasteiger partial charge in [-0.3, -0.25) is 4.79 Å². The van der Waals surface area contributed by atoms with Crippen molar-refractivity contribution in [3.05, 3.63) is 18.0 Å². The normalized spacial score (nSPS) is 15.0. The van der Waals surface area contributed by atoms with Crippen LogP contribution in [-0.2, 0) is 16.6 Å². The van der Waals surface area contributed by atoms with E-state index in [4.69, 9.17) is 0 Å². The zero-order valence-electron chi connectivity index (χ0n) is 13.1. The maximum Gasteiger partial charge on any atom is 0.354 e. The molecule has 1 aromatic heterocycles. The van der Waals surface area contributed by atoms with Gasteiger partial charge in [-0.25, -0.2) is 4.79 Å². The largest absolute Gasteiger partial charge is 0.464 e. The highest BCUT2D eigenvalue weighted by Gasteiger charge is 2.16. The summed E-state index contributed by atoms with van der Waals surface area (Å²) in [5.74, 6) is 0.224. The molecule has 124 valence electrons. The Kier molecular flexibility index (Phi) is 7.41. The van der Waals surface area contributed by atoms with E-state index in [1.54, 1.807) is 23.9 Å². The summed E-state index contributed by atoms with van der Waals surface area (Å²) in [6, 6.07) is 1.63. The zero-order chi connectivity index (χ0) is 15.2. The van der Waals surface area contributed by atoms with Crippen molar-refractivity contribution in [2.75, 3.05) is 25.5 Å². The smallest absolute Gasteiger partial charge is 0.354 e. The summed E-state index contributed by atoms with van der Waals surface area (Å²) in [5.41, 5.74) is 1.05. The predicted octanol–water partition coefficient (Wildman–Crippen LogP) is 1.95. The number of amides is 1. The summed E-state index contributed by atoms with van der Waals surface area (Å²) in [6.07, 6.45) is 5.45. The molecule has 0 aliphatic carbocycles. The van der Waals surface area contributed by atoms with Gasteiger partial charge in [0.15, 0.2) is 0 Å². The summed E-state index contributed by atoms with van der Waals surface area (Å²) in [6.45, 7) is 2.10. The van der Waals surface area contributed by atoms with Gasteiger partial charge in [-0.1, -0.05) is 0 Å². The molecule has 6 nitrogen and oxygen atoms in total. The first-order valence-corrected chi connectivity index (χ1v) is 7.35. The van der Waals surface area contributed by atoms with E-state index < -0.39 is 5.97 Å². The first kappa shape index (κ1) is 18.5. The number of aryl methyl sites for hydroxylation is 1. The summed E-state index contributed by atoms with van der Waals surface area (Å²) < 4.78 is 6.33. The first-order chi connectivity index (χ1) is 10.1. The van der Waals surface area contributed by atoms with Crippen molar-refractivity contribution in [1.29, 1.82) is 0 Å². The number of hydrogen-bond acceptors (Lipinski definition) is 4. The van der Waals surface area contributed by atoms with Gasteiger partial charge in [0.05, 0.1) is 12.8 Å². The van der Waals surface area contributed by atoms with Crippen molar-refractivity contribution in [2.45, 2.75) is 25.7 Å². The van der Waals surface area contributed by atoms with Gasteiger partial charge in [-0.2, -0.15) is 0 Å². The van der Waals surface area contributed by atoms with Crippen molar-refractivity contribution >= 4 is 30.0 Å². The van der Waals surface area contributed by atoms with E-state index >= 15 is 0 Å². The number of carbonyl (C=O) groups is 2. The Labute approximate surface area is 137 Å². The Morgan fingerprint density at radius 2 is 2.09 bits per heavy atom. The van der Waals surface area contributed by atoms with Gasteiger partial charge in [0.25, 0.3) is 0 Å². The maximum absolute atomic E-state index is 12.0. The van der Waals surface area contributed by atoms with Gasteiger partial charge >= 0.3 is 5.97 Å². The third-order valence-electron chi connectivity index (χ3n) is 3.92. The highest BCUT2D eigenvalue weighted by Crippen LogP contribution is 2.19. The van der Waals surface area contributed by atoms with Crippen molar-refractivity contribution in [3.8, 4) is 0 Å². The number of methoxy groups -OCH3 is 1. The molecule has 2 rings (SSSR count). The SMILES string of the molecule is COC(=O)c1cc(NC(=O)CCC2CCNCC2)cn1C.Cl.